The zero-order valence-corrected chi connectivity index (χ0v) is 13.2. The summed E-state index contributed by atoms with van der Waals surface area (Å²) in [7, 11) is 0. The van der Waals surface area contributed by atoms with Gasteiger partial charge >= 0.3 is 6.18 Å². The first-order valence-corrected chi connectivity index (χ1v) is 7.45. The Kier molecular flexibility index (Phi) is 4.83. The Hall–Kier alpha value is -3.43. The molecule has 26 heavy (non-hydrogen) atoms. The highest BCUT2D eigenvalue weighted by Gasteiger charge is 2.26. The molecular weight excluding hydrogens is 349 g/mol. The number of aromatic nitrogens is 4. The molecule has 3 aromatic rings. The molecule has 0 saturated heterocycles. The molecule has 0 aromatic carbocycles. The summed E-state index contributed by atoms with van der Waals surface area (Å²) < 4.78 is 36.5. The number of carbonyl (C=O) groups is 1. The Labute approximate surface area is 145 Å². The van der Waals surface area contributed by atoms with E-state index in [1.165, 1.54) is 24.5 Å². The molecule has 0 atom stereocenters. The van der Waals surface area contributed by atoms with E-state index in [-0.39, 0.29) is 11.4 Å². The molecular formula is C16H13F3N6O. The number of pyridine rings is 2. The number of nitrogens with one attached hydrogen (secondary N) is 3. The molecule has 0 radical (unpaired) electrons. The standard InChI is InChI=1S/C16H13F3N6O/c17-16(18,19)9-22-13-5-4-10(7-21-13)15(26)24-12-8-23-25-14(12)11-3-1-2-6-20-11/h1-8H,9H2,(H,21,22)(H,23,25)(H,24,26). The Bertz CT molecular complexity index is 877. The number of halogens is 3. The van der Waals surface area contributed by atoms with Crippen LogP contribution >= 0.6 is 0 Å². The number of hydrogen-bond acceptors (Lipinski definition) is 5. The van der Waals surface area contributed by atoms with Crippen molar-refractivity contribution in [1.29, 1.82) is 0 Å². The van der Waals surface area contributed by atoms with Gasteiger partial charge in [-0.05, 0) is 24.3 Å². The van der Waals surface area contributed by atoms with Crippen LogP contribution in [-0.2, 0) is 0 Å². The summed E-state index contributed by atoms with van der Waals surface area (Å²) in [5.41, 5.74) is 1.75. The average molecular weight is 362 g/mol. The summed E-state index contributed by atoms with van der Waals surface area (Å²) in [5.74, 6) is -0.449. The molecule has 0 aliphatic carbocycles. The van der Waals surface area contributed by atoms with Crippen LogP contribution in [-0.4, -0.2) is 38.8 Å². The number of alkyl halides is 3. The molecule has 0 saturated carbocycles. The Balaban J connectivity index is 1.69. The van der Waals surface area contributed by atoms with E-state index in [1.807, 2.05) is 0 Å². The van der Waals surface area contributed by atoms with E-state index in [9.17, 15) is 18.0 Å². The quantitative estimate of drug-likeness (QED) is 0.648. The number of amides is 1. The monoisotopic (exact) mass is 362 g/mol. The predicted molar refractivity (Wildman–Crippen MR) is 88.6 cm³/mol. The predicted octanol–water partition coefficient (Wildman–Crippen LogP) is 3.09. The van der Waals surface area contributed by atoms with Gasteiger partial charge in [0.2, 0.25) is 0 Å². The van der Waals surface area contributed by atoms with Crippen LogP contribution in [0, 0.1) is 0 Å². The van der Waals surface area contributed by atoms with E-state index >= 15 is 0 Å². The molecule has 3 rings (SSSR count). The molecule has 0 aliphatic rings. The maximum absolute atomic E-state index is 12.3. The van der Waals surface area contributed by atoms with Gasteiger partial charge in [0.1, 0.15) is 18.1 Å². The van der Waals surface area contributed by atoms with Crippen LogP contribution in [0.3, 0.4) is 0 Å². The molecule has 0 aliphatic heterocycles. The first-order valence-electron chi connectivity index (χ1n) is 7.45. The summed E-state index contributed by atoms with van der Waals surface area (Å²) in [6.07, 6.45) is -0.109. The summed E-state index contributed by atoms with van der Waals surface area (Å²) in [6.45, 7) is -1.20. The Morgan fingerprint density at radius 1 is 1.12 bits per heavy atom. The molecule has 134 valence electrons. The lowest BCUT2D eigenvalue weighted by atomic mass is 10.2. The summed E-state index contributed by atoms with van der Waals surface area (Å²) in [5, 5.41) is 11.5. The minimum absolute atomic E-state index is 0.0244. The maximum atomic E-state index is 12.3. The third-order valence-corrected chi connectivity index (χ3v) is 3.30. The lowest BCUT2D eigenvalue weighted by Crippen LogP contribution is -2.22. The van der Waals surface area contributed by atoms with Gasteiger partial charge in [0.15, 0.2) is 0 Å². The Morgan fingerprint density at radius 3 is 2.62 bits per heavy atom. The van der Waals surface area contributed by atoms with Gasteiger partial charge in [-0.2, -0.15) is 18.3 Å². The topological polar surface area (TPSA) is 95.6 Å². The molecule has 0 bridgehead atoms. The fraction of sp³-hybridized carbons (Fsp3) is 0.125. The zero-order chi connectivity index (χ0) is 18.6. The molecule has 7 nitrogen and oxygen atoms in total. The van der Waals surface area contributed by atoms with E-state index in [2.05, 4.69) is 30.8 Å². The molecule has 3 aromatic heterocycles. The third-order valence-electron chi connectivity index (χ3n) is 3.30. The van der Waals surface area contributed by atoms with Crippen molar-refractivity contribution in [2.24, 2.45) is 0 Å². The van der Waals surface area contributed by atoms with Crippen LogP contribution in [0.25, 0.3) is 11.4 Å². The van der Waals surface area contributed by atoms with Gasteiger partial charge in [0, 0.05) is 12.4 Å². The second kappa shape index (κ2) is 7.21. The molecule has 0 fully saturated rings. The summed E-state index contributed by atoms with van der Waals surface area (Å²) in [6, 6.07) is 7.99. The first kappa shape index (κ1) is 17.4. The summed E-state index contributed by atoms with van der Waals surface area (Å²) in [4.78, 5) is 20.3. The average Bonchev–Trinajstić information content (AvgIpc) is 3.08. The van der Waals surface area contributed by atoms with Crippen LogP contribution in [0.4, 0.5) is 24.7 Å². The number of H-pyrrole nitrogens is 1. The molecule has 3 N–H and O–H groups in total. The smallest absolute Gasteiger partial charge is 0.361 e. The molecule has 0 unspecified atom stereocenters. The van der Waals surface area contributed by atoms with Gasteiger partial charge in [-0.1, -0.05) is 6.07 Å². The van der Waals surface area contributed by atoms with Gasteiger partial charge < -0.3 is 10.6 Å². The number of hydrogen-bond donors (Lipinski definition) is 3. The van der Waals surface area contributed by atoms with Crippen molar-refractivity contribution >= 4 is 17.4 Å². The van der Waals surface area contributed by atoms with E-state index in [4.69, 9.17) is 0 Å². The van der Waals surface area contributed by atoms with Crippen LogP contribution in [0.1, 0.15) is 10.4 Å². The van der Waals surface area contributed by atoms with Crippen molar-refractivity contribution in [2.75, 3.05) is 17.2 Å². The molecule has 10 heteroatoms. The highest BCUT2D eigenvalue weighted by Crippen LogP contribution is 2.23. The van der Waals surface area contributed by atoms with Crippen LogP contribution in [0.2, 0.25) is 0 Å². The van der Waals surface area contributed by atoms with E-state index < -0.39 is 18.6 Å². The van der Waals surface area contributed by atoms with Gasteiger partial charge in [0.25, 0.3) is 5.91 Å². The number of aromatic amines is 1. The lowest BCUT2D eigenvalue weighted by Gasteiger charge is -2.09. The highest BCUT2D eigenvalue weighted by molar-refractivity contribution is 6.05. The van der Waals surface area contributed by atoms with Crippen molar-refractivity contribution in [3.05, 3.63) is 54.5 Å². The minimum Gasteiger partial charge on any atom is -0.361 e. The second-order valence-electron chi connectivity index (χ2n) is 5.23. The fourth-order valence-electron chi connectivity index (χ4n) is 2.10. The molecule has 3 heterocycles. The fourth-order valence-corrected chi connectivity index (χ4v) is 2.10. The van der Waals surface area contributed by atoms with Crippen molar-refractivity contribution in [1.82, 2.24) is 20.2 Å². The lowest BCUT2D eigenvalue weighted by molar-refractivity contribution is -0.115. The first-order chi connectivity index (χ1) is 12.4. The SMILES string of the molecule is O=C(Nc1cn[nH]c1-c1ccccn1)c1ccc(NCC(F)(F)F)nc1. The van der Waals surface area contributed by atoms with Crippen molar-refractivity contribution < 1.29 is 18.0 Å². The van der Waals surface area contributed by atoms with Crippen molar-refractivity contribution in [3.63, 3.8) is 0 Å². The Morgan fingerprint density at radius 2 is 1.96 bits per heavy atom. The van der Waals surface area contributed by atoms with Gasteiger partial charge in [-0.3, -0.25) is 14.9 Å². The highest BCUT2D eigenvalue weighted by atomic mass is 19.4. The van der Waals surface area contributed by atoms with E-state index in [0.717, 1.165) is 0 Å². The van der Waals surface area contributed by atoms with Crippen LogP contribution in [0.15, 0.2) is 48.9 Å². The molecule has 0 spiro atoms. The van der Waals surface area contributed by atoms with Crippen LogP contribution in [0.5, 0.6) is 0 Å². The third kappa shape index (κ3) is 4.35. The minimum atomic E-state index is -4.35. The largest absolute Gasteiger partial charge is 0.405 e. The normalized spacial score (nSPS) is 11.2. The number of carbonyl (C=O) groups excluding carboxylic acids is 1. The molecule has 1 amide bonds. The summed E-state index contributed by atoms with van der Waals surface area (Å²) >= 11 is 0. The number of anilines is 2. The number of rotatable bonds is 5. The zero-order valence-electron chi connectivity index (χ0n) is 13.2. The number of nitrogens with zero attached hydrogens (tertiary/aromatic N) is 3. The van der Waals surface area contributed by atoms with Gasteiger partial charge in [0.05, 0.1) is 23.1 Å². The maximum Gasteiger partial charge on any atom is 0.405 e. The van der Waals surface area contributed by atoms with E-state index in [1.54, 1.807) is 24.4 Å². The van der Waals surface area contributed by atoms with Gasteiger partial charge in [-0.15, -0.1) is 0 Å². The van der Waals surface area contributed by atoms with E-state index in [0.29, 0.717) is 17.1 Å². The van der Waals surface area contributed by atoms with Crippen molar-refractivity contribution in [2.45, 2.75) is 6.18 Å². The van der Waals surface area contributed by atoms with Crippen LogP contribution < -0.4 is 10.6 Å². The van der Waals surface area contributed by atoms with Crippen molar-refractivity contribution in [3.8, 4) is 11.4 Å². The van der Waals surface area contributed by atoms with Gasteiger partial charge in [-0.25, -0.2) is 4.98 Å². The second-order valence-corrected chi connectivity index (χ2v) is 5.23.